The van der Waals surface area contributed by atoms with Gasteiger partial charge in [0.1, 0.15) is 6.04 Å². The van der Waals surface area contributed by atoms with Crippen LogP contribution in [0.25, 0.3) is 0 Å². The van der Waals surface area contributed by atoms with E-state index in [9.17, 15) is 18.0 Å². The minimum atomic E-state index is -3.35. The van der Waals surface area contributed by atoms with Gasteiger partial charge in [-0.1, -0.05) is 18.2 Å². The third-order valence-corrected chi connectivity index (χ3v) is 5.41. The maximum Gasteiger partial charge on any atom is 0.243 e. The van der Waals surface area contributed by atoms with Crippen LogP contribution in [-0.4, -0.2) is 39.1 Å². The van der Waals surface area contributed by atoms with Crippen molar-refractivity contribution in [2.45, 2.75) is 31.3 Å². The Morgan fingerprint density at radius 2 is 2.04 bits per heavy atom. The molecule has 2 amide bonds. The number of nitrogens with zero attached hydrogens (tertiary/aromatic N) is 1. The Hall–Kier alpha value is -2.09. The largest absolute Gasteiger partial charge is 0.347 e. The van der Waals surface area contributed by atoms with E-state index in [4.69, 9.17) is 0 Å². The molecule has 2 heterocycles. The van der Waals surface area contributed by atoms with E-state index >= 15 is 0 Å². The summed E-state index contributed by atoms with van der Waals surface area (Å²) in [6.45, 7) is 0.317. The van der Waals surface area contributed by atoms with Crippen LogP contribution in [0.5, 0.6) is 0 Å². The van der Waals surface area contributed by atoms with Crippen molar-refractivity contribution < 1.29 is 18.0 Å². The van der Waals surface area contributed by atoms with Crippen LogP contribution in [0, 0.1) is 0 Å². The number of benzene rings is 1. The van der Waals surface area contributed by atoms with Crippen molar-refractivity contribution in [2.75, 3.05) is 17.1 Å². The van der Waals surface area contributed by atoms with E-state index in [2.05, 4.69) is 10.6 Å². The van der Waals surface area contributed by atoms with E-state index in [-0.39, 0.29) is 17.9 Å². The normalized spacial score (nSPS) is 24.0. The first kappa shape index (κ1) is 15.8. The fourth-order valence-electron chi connectivity index (χ4n) is 3.11. The Morgan fingerprint density at radius 1 is 1.30 bits per heavy atom. The fraction of sp³-hybridized carbons (Fsp3) is 0.467. The third-order valence-electron chi connectivity index (χ3n) is 4.23. The number of amides is 2. The smallest absolute Gasteiger partial charge is 0.243 e. The van der Waals surface area contributed by atoms with E-state index < -0.39 is 16.1 Å². The Labute approximate surface area is 135 Å². The van der Waals surface area contributed by atoms with Crippen LogP contribution in [-0.2, 0) is 19.6 Å². The number of fused-ring (bicyclic) bond motifs is 1. The quantitative estimate of drug-likeness (QED) is 0.829. The Balaban J connectivity index is 1.82. The molecule has 0 aliphatic carbocycles. The van der Waals surface area contributed by atoms with Gasteiger partial charge in [-0.05, 0) is 24.5 Å². The highest BCUT2D eigenvalue weighted by Gasteiger charge is 2.33. The predicted molar refractivity (Wildman–Crippen MR) is 85.3 cm³/mol. The Morgan fingerprint density at radius 3 is 2.70 bits per heavy atom. The van der Waals surface area contributed by atoms with Gasteiger partial charge >= 0.3 is 0 Å². The maximum absolute atomic E-state index is 12.3. The Bertz CT molecular complexity index is 747. The van der Waals surface area contributed by atoms with E-state index in [0.717, 1.165) is 5.56 Å². The summed E-state index contributed by atoms with van der Waals surface area (Å²) in [6, 6.07) is 6.41. The lowest BCUT2D eigenvalue weighted by Crippen LogP contribution is -2.46. The summed E-state index contributed by atoms with van der Waals surface area (Å²) in [4.78, 5) is 23.5. The summed E-state index contributed by atoms with van der Waals surface area (Å²) in [7, 11) is -3.35. The lowest BCUT2D eigenvalue weighted by Gasteiger charge is -2.34. The van der Waals surface area contributed by atoms with Gasteiger partial charge in [-0.3, -0.25) is 13.9 Å². The molecule has 1 fully saturated rings. The molecule has 23 heavy (non-hydrogen) atoms. The van der Waals surface area contributed by atoms with Gasteiger partial charge in [0.05, 0.1) is 18.0 Å². The summed E-state index contributed by atoms with van der Waals surface area (Å²) >= 11 is 0. The molecular weight excluding hydrogens is 318 g/mol. The molecule has 8 heteroatoms. The van der Waals surface area contributed by atoms with E-state index in [1.165, 1.54) is 10.6 Å². The molecule has 2 unspecified atom stereocenters. The van der Waals surface area contributed by atoms with Crippen LogP contribution >= 0.6 is 0 Å². The number of hydrogen-bond acceptors (Lipinski definition) is 4. The first-order chi connectivity index (χ1) is 10.9. The van der Waals surface area contributed by atoms with Crippen molar-refractivity contribution in [1.29, 1.82) is 0 Å². The second kappa shape index (κ2) is 5.84. The van der Waals surface area contributed by atoms with Crippen LogP contribution in [0.2, 0.25) is 0 Å². The van der Waals surface area contributed by atoms with Crippen molar-refractivity contribution in [3.63, 3.8) is 0 Å². The average molecular weight is 337 g/mol. The van der Waals surface area contributed by atoms with Gasteiger partial charge in [-0.25, -0.2) is 8.42 Å². The minimum absolute atomic E-state index is 0.113. The first-order valence-corrected chi connectivity index (χ1v) is 9.37. The first-order valence-electron chi connectivity index (χ1n) is 7.52. The van der Waals surface area contributed by atoms with Gasteiger partial charge in [-0.15, -0.1) is 0 Å². The number of para-hydroxylation sites is 1. The molecule has 0 radical (unpaired) electrons. The molecule has 1 aromatic rings. The zero-order valence-electron chi connectivity index (χ0n) is 12.8. The molecule has 2 N–H and O–H groups in total. The zero-order chi connectivity index (χ0) is 16.6. The summed E-state index contributed by atoms with van der Waals surface area (Å²) in [6.07, 6.45) is 2.53. The highest BCUT2D eigenvalue weighted by molar-refractivity contribution is 7.92. The zero-order valence-corrected chi connectivity index (χ0v) is 13.6. The number of rotatable bonds is 3. The van der Waals surface area contributed by atoms with E-state index in [1.807, 2.05) is 12.1 Å². The van der Waals surface area contributed by atoms with Crippen LogP contribution in [0.3, 0.4) is 0 Å². The number of hydrogen-bond donors (Lipinski definition) is 2. The number of carbonyl (C=O) groups is 2. The standard InChI is InChI=1S/C15H19N3O4S/c1-23(21,22)18-9-8-11(10-4-2-3-5-13(10)18)17-15(20)12-6-7-14(19)16-12/h2-5,11-12H,6-9H2,1H3,(H,16,19)(H,17,20). The van der Waals surface area contributed by atoms with Crippen molar-refractivity contribution in [1.82, 2.24) is 10.6 Å². The summed E-state index contributed by atoms with van der Waals surface area (Å²) in [5, 5.41) is 5.58. The van der Waals surface area contributed by atoms with E-state index in [0.29, 0.717) is 31.5 Å². The molecule has 0 bridgehead atoms. The van der Waals surface area contributed by atoms with Crippen molar-refractivity contribution in [3.8, 4) is 0 Å². The number of anilines is 1. The van der Waals surface area contributed by atoms with Crippen LogP contribution in [0.15, 0.2) is 24.3 Å². The van der Waals surface area contributed by atoms with Crippen LogP contribution < -0.4 is 14.9 Å². The Kier molecular flexibility index (Phi) is 4.01. The molecular formula is C15H19N3O4S. The highest BCUT2D eigenvalue weighted by Crippen LogP contribution is 2.35. The molecule has 2 aliphatic rings. The van der Waals surface area contributed by atoms with Crippen LogP contribution in [0.1, 0.15) is 30.9 Å². The molecule has 2 atom stereocenters. The molecule has 3 rings (SSSR count). The lowest BCUT2D eigenvalue weighted by atomic mass is 9.97. The third kappa shape index (κ3) is 3.17. The molecule has 2 aliphatic heterocycles. The minimum Gasteiger partial charge on any atom is -0.347 e. The molecule has 0 spiro atoms. The number of carbonyl (C=O) groups excluding carboxylic acids is 2. The van der Waals surface area contributed by atoms with Gasteiger partial charge in [0.2, 0.25) is 21.8 Å². The molecule has 0 saturated carbocycles. The van der Waals surface area contributed by atoms with Gasteiger partial charge < -0.3 is 10.6 Å². The van der Waals surface area contributed by atoms with Gasteiger partial charge in [-0.2, -0.15) is 0 Å². The number of sulfonamides is 1. The molecule has 1 aromatic carbocycles. The monoisotopic (exact) mass is 337 g/mol. The van der Waals surface area contributed by atoms with Gasteiger partial charge in [0.15, 0.2) is 0 Å². The summed E-state index contributed by atoms with van der Waals surface area (Å²) in [5.74, 6) is -0.332. The summed E-state index contributed by atoms with van der Waals surface area (Å²) in [5.41, 5.74) is 1.38. The summed E-state index contributed by atoms with van der Waals surface area (Å²) < 4.78 is 25.2. The SMILES string of the molecule is CS(=O)(=O)N1CCC(NC(=O)C2CCC(=O)N2)c2ccccc21. The fourth-order valence-corrected chi connectivity index (χ4v) is 4.07. The molecule has 0 aromatic heterocycles. The number of nitrogens with one attached hydrogen (secondary N) is 2. The topological polar surface area (TPSA) is 95.6 Å². The second-order valence-electron chi connectivity index (χ2n) is 5.90. The van der Waals surface area contributed by atoms with Crippen molar-refractivity contribution in [2.24, 2.45) is 0 Å². The van der Waals surface area contributed by atoms with Crippen molar-refractivity contribution in [3.05, 3.63) is 29.8 Å². The van der Waals surface area contributed by atoms with Gasteiger partial charge in [0.25, 0.3) is 0 Å². The van der Waals surface area contributed by atoms with Gasteiger partial charge in [0, 0.05) is 13.0 Å². The maximum atomic E-state index is 12.3. The lowest BCUT2D eigenvalue weighted by molar-refractivity contribution is -0.126. The van der Waals surface area contributed by atoms with Crippen molar-refractivity contribution >= 4 is 27.5 Å². The highest BCUT2D eigenvalue weighted by atomic mass is 32.2. The van der Waals surface area contributed by atoms with Crippen LogP contribution in [0.4, 0.5) is 5.69 Å². The average Bonchev–Trinajstić information content (AvgIpc) is 2.93. The molecule has 1 saturated heterocycles. The molecule has 124 valence electrons. The van der Waals surface area contributed by atoms with E-state index in [1.54, 1.807) is 12.1 Å². The molecule has 7 nitrogen and oxygen atoms in total. The predicted octanol–water partition coefficient (Wildman–Crippen LogP) is 0.292. The second-order valence-corrected chi connectivity index (χ2v) is 7.81.